The van der Waals surface area contributed by atoms with Gasteiger partial charge in [0.25, 0.3) is 10.0 Å². The molecule has 0 fully saturated rings. The molecule has 0 amide bonds. The molecule has 4 nitrogen and oxygen atoms in total. The number of nitrogen functional groups attached to an aromatic ring is 1. The van der Waals surface area contributed by atoms with Crippen LogP contribution in [0.3, 0.4) is 0 Å². The minimum atomic E-state index is -3.99. The molecule has 0 saturated heterocycles. The normalized spacial score (nSPS) is 11.4. The van der Waals surface area contributed by atoms with Crippen LogP contribution in [0, 0.1) is 0 Å². The number of hydrogen-bond acceptors (Lipinski definition) is 3. The van der Waals surface area contributed by atoms with Crippen molar-refractivity contribution in [2.75, 3.05) is 10.5 Å². The van der Waals surface area contributed by atoms with E-state index in [-0.39, 0.29) is 26.3 Å². The third-order valence-electron chi connectivity index (χ3n) is 2.49. The molecule has 0 atom stereocenters. The van der Waals surface area contributed by atoms with Gasteiger partial charge in [-0.3, -0.25) is 4.72 Å². The van der Waals surface area contributed by atoms with Crippen LogP contribution in [-0.4, -0.2) is 8.42 Å². The summed E-state index contributed by atoms with van der Waals surface area (Å²) in [6.07, 6.45) is 0. The highest BCUT2D eigenvalue weighted by molar-refractivity contribution is 9.10. The highest BCUT2D eigenvalue weighted by atomic mass is 79.9. The zero-order valence-corrected chi connectivity index (χ0v) is 14.9. The predicted molar refractivity (Wildman–Crippen MR) is 90.8 cm³/mol. The quantitative estimate of drug-likeness (QED) is 0.688. The van der Waals surface area contributed by atoms with Crippen LogP contribution >= 0.6 is 50.7 Å². The lowest BCUT2D eigenvalue weighted by Gasteiger charge is -2.13. The van der Waals surface area contributed by atoms with Gasteiger partial charge in [-0.15, -0.1) is 0 Å². The van der Waals surface area contributed by atoms with E-state index < -0.39 is 10.0 Å². The minimum absolute atomic E-state index is 0.0642. The molecule has 0 heterocycles. The van der Waals surface area contributed by atoms with Gasteiger partial charge >= 0.3 is 0 Å². The van der Waals surface area contributed by atoms with E-state index in [4.69, 9.17) is 40.5 Å². The number of nitrogens with one attached hydrogen (secondary N) is 1. The van der Waals surface area contributed by atoms with Gasteiger partial charge in [0.15, 0.2) is 0 Å². The SMILES string of the molecule is Nc1cc(Cl)c(S(=O)(=O)Nc2cccc(Cl)c2Br)c(Cl)c1. The molecule has 0 aliphatic heterocycles. The van der Waals surface area contributed by atoms with Gasteiger partial charge in [-0.05, 0) is 40.2 Å². The van der Waals surface area contributed by atoms with Crippen LogP contribution in [0.15, 0.2) is 39.7 Å². The molecule has 112 valence electrons. The van der Waals surface area contributed by atoms with Gasteiger partial charge in [0, 0.05) is 5.69 Å². The average molecular weight is 431 g/mol. The lowest BCUT2D eigenvalue weighted by Crippen LogP contribution is -2.14. The van der Waals surface area contributed by atoms with Crippen LogP contribution in [0.5, 0.6) is 0 Å². The van der Waals surface area contributed by atoms with Crippen LogP contribution in [0.2, 0.25) is 15.1 Å². The van der Waals surface area contributed by atoms with Gasteiger partial charge in [0.05, 0.1) is 25.2 Å². The Kier molecular flexibility index (Phi) is 4.95. The number of halogens is 4. The minimum Gasteiger partial charge on any atom is -0.399 e. The number of nitrogens with two attached hydrogens (primary N) is 1. The van der Waals surface area contributed by atoms with E-state index in [1.807, 2.05) is 0 Å². The van der Waals surface area contributed by atoms with Crippen molar-refractivity contribution in [3.05, 3.63) is 49.9 Å². The average Bonchev–Trinajstić information content (AvgIpc) is 2.33. The molecule has 0 aliphatic carbocycles. The molecule has 9 heteroatoms. The maximum absolute atomic E-state index is 12.4. The maximum atomic E-state index is 12.4. The molecule has 0 radical (unpaired) electrons. The second kappa shape index (κ2) is 6.22. The first-order chi connectivity index (χ1) is 9.72. The molecule has 0 aromatic heterocycles. The van der Waals surface area contributed by atoms with E-state index in [1.165, 1.54) is 12.1 Å². The summed E-state index contributed by atoms with van der Waals surface area (Å²) >= 11 is 21.0. The fourth-order valence-corrected chi connectivity index (χ4v) is 4.59. The van der Waals surface area contributed by atoms with Crippen molar-refractivity contribution in [3.63, 3.8) is 0 Å². The Morgan fingerprint density at radius 3 is 2.19 bits per heavy atom. The fraction of sp³-hybridized carbons (Fsp3) is 0. The number of benzene rings is 2. The first kappa shape index (κ1) is 16.7. The summed E-state index contributed by atoms with van der Waals surface area (Å²) < 4.78 is 27.7. The molecule has 2 aromatic carbocycles. The van der Waals surface area contributed by atoms with Gasteiger partial charge in [-0.25, -0.2) is 8.42 Å². The molecule has 0 saturated carbocycles. The monoisotopic (exact) mass is 428 g/mol. The van der Waals surface area contributed by atoms with E-state index >= 15 is 0 Å². The Morgan fingerprint density at radius 2 is 1.62 bits per heavy atom. The predicted octanol–water partition coefficient (Wildman–Crippen LogP) is 4.79. The Hall–Kier alpha value is -0.660. The summed E-state index contributed by atoms with van der Waals surface area (Å²) in [7, 11) is -3.99. The summed E-state index contributed by atoms with van der Waals surface area (Å²) in [6, 6.07) is 7.40. The Balaban J connectivity index is 2.51. The molecule has 0 bridgehead atoms. The summed E-state index contributed by atoms with van der Waals surface area (Å²) in [5.74, 6) is 0. The van der Waals surface area contributed by atoms with Crippen molar-refractivity contribution >= 4 is 72.1 Å². The van der Waals surface area contributed by atoms with Crippen molar-refractivity contribution in [2.24, 2.45) is 0 Å². The maximum Gasteiger partial charge on any atom is 0.264 e. The van der Waals surface area contributed by atoms with Crippen molar-refractivity contribution in [1.29, 1.82) is 0 Å². The van der Waals surface area contributed by atoms with E-state index in [0.717, 1.165) is 0 Å². The van der Waals surface area contributed by atoms with E-state index in [0.29, 0.717) is 9.50 Å². The zero-order valence-electron chi connectivity index (χ0n) is 10.2. The lowest BCUT2D eigenvalue weighted by atomic mass is 10.3. The smallest absolute Gasteiger partial charge is 0.264 e. The largest absolute Gasteiger partial charge is 0.399 e. The highest BCUT2D eigenvalue weighted by Gasteiger charge is 2.23. The summed E-state index contributed by atoms with van der Waals surface area (Å²) in [5, 5.41) is 0.237. The first-order valence-corrected chi connectivity index (χ1v) is 8.84. The lowest BCUT2D eigenvalue weighted by molar-refractivity contribution is 0.601. The van der Waals surface area contributed by atoms with E-state index in [2.05, 4.69) is 20.7 Å². The molecule has 21 heavy (non-hydrogen) atoms. The van der Waals surface area contributed by atoms with Gasteiger partial charge in [0.2, 0.25) is 0 Å². The third kappa shape index (κ3) is 3.57. The summed E-state index contributed by atoms with van der Waals surface area (Å²) in [6.45, 7) is 0. The van der Waals surface area contributed by atoms with Crippen molar-refractivity contribution in [2.45, 2.75) is 4.90 Å². The van der Waals surface area contributed by atoms with Crippen LogP contribution in [-0.2, 0) is 10.0 Å². The van der Waals surface area contributed by atoms with E-state index in [1.54, 1.807) is 18.2 Å². The van der Waals surface area contributed by atoms with Crippen LogP contribution < -0.4 is 10.5 Å². The molecule has 0 unspecified atom stereocenters. The zero-order chi connectivity index (χ0) is 15.8. The second-order valence-electron chi connectivity index (χ2n) is 4.02. The van der Waals surface area contributed by atoms with Gasteiger partial charge < -0.3 is 5.73 Å². The van der Waals surface area contributed by atoms with Crippen molar-refractivity contribution < 1.29 is 8.42 Å². The van der Waals surface area contributed by atoms with Gasteiger partial charge in [-0.1, -0.05) is 40.9 Å². The Morgan fingerprint density at radius 1 is 1.05 bits per heavy atom. The first-order valence-electron chi connectivity index (χ1n) is 5.43. The molecule has 0 spiro atoms. The number of anilines is 2. The molecule has 0 aliphatic rings. The molecular weight excluding hydrogens is 422 g/mol. The molecule has 2 aromatic rings. The molecular formula is C12H8BrCl3N2O2S. The Bertz CT molecular complexity index is 789. The summed E-state index contributed by atoms with van der Waals surface area (Å²) in [4.78, 5) is -0.244. The van der Waals surface area contributed by atoms with Crippen LogP contribution in [0.1, 0.15) is 0 Å². The van der Waals surface area contributed by atoms with Crippen molar-refractivity contribution in [1.82, 2.24) is 0 Å². The van der Waals surface area contributed by atoms with Gasteiger partial charge in [0.1, 0.15) is 4.90 Å². The Labute approximate surface area is 145 Å². The number of hydrogen-bond donors (Lipinski definition) is 2. The standard InChI is InChI=1S/C12H8BrCl3N2O2S/c13-11-7(14)2-1-3-10(11)18-21(19,20)12-8(15)4-6(17)5-9(12)16/h1-5,18H,17H2. The summed E-state index contributed by atoms with van der Waals surface area (Å²) in [5.41, 5.74) is 6.10. The second-order valence-corrected chi connectivity index (χ2v) is 7.65. The fourth-order valence-electron chi connectivity index (χ4n) is 1.61. The van der Waals surface area contributed by atoms with Crippen molar-refractivity contribution in [3.8, 4) is 0 Å². The van der Waals surface area contributed by atoms with Crippen LogP contribution in [0.4, 0.5) is 11.4 Å². The number of rotatable bonds is 3. The number of sulfonamides is 1. The third-order valence-corrected chi connectivity index (χ3v) is 6.17. The molecule has 3 N–H and O–H groups in total. The molecule has 2 rings (SSSR count). The van der Waals surface area contributed by atoms with Crippen LogP contribution in [0.25, 0.3) is 0 Å². The van der Waals surface area contributed by atoms with Gasteiger partial charge in [-0.2, -0.15) is 0 Å². The van der Waals surface area contributed by atoms with E-state index in [9.17, 15) is 8.42 Å². The topological polar surface area (TPSA) is 72.2 Å². The highest BCUT2D eigenvalue weighted by Crippen LogP contribution is 2.35.